The summed E-state index contributed by atoms with van der Waals surface area (Å²) in [5, 5.41) is 4.14. The Labute approximate surface area is 120 Å². The van der Waals surface area contributed by atoms with Crippen molar-refractivity contribution in [3.8, 4) is 0 Å². The highest BCUT2D eigenvalue weighted by Gasteiger charge is 2.24. The molecule has 20 heavy (non-hydrogen) atoms. The zero-order valence-electron chi connectivity index (χ0n) is 12.7. The second kappa shape index (κ2) is 6.37. The van der Waals surface area contributed by atoms with Gasteiger partial charge in [0.2, 0.25) is 0 Å². The molecule has 1 aliphatic heterocycles. The number of aromatic nitrogens is 2. The molecule has 1 aliphatic rings. The minimum atomic E-state index is 0.0992. The van der Waals surface area contributed by atoms with Crippen molar-refractivity contribution in [3.63, 3.8) is 0 Å². The van der Waals surface area contributed by atoms with E-state index in [0.29, 0.717) is 12.5 Å². The molecule has 1 aromatic rings. The summed E-state index contributed by atoms with van der Waals surface area (Å²) in [4.78, 5) is 16.8. The third-order valence-corrected chi connectivity index (χ3v) is 4.10. The second-order valence-corrected chi connectivity index (χ2v) is 5.70. The lowest BCUT2D eigenvalue weighted by Gasteiger charge is -2.35. The summed E-state index contributed by atoms with van der Waals surface area (Å²) in [6, 6.07) is 0. The summed E-state index contributed by atoms with van der Waals surface area (Å²) >= 11 is 0. The molecule has 1 amide bonds. The first-order valence-electron chi connectivity index (χ1n) is 7.23. The predicted octanol–water partition coefficient (Wildman–Crippen LogP) is 0.0811. The molecule has 2 rings (SSSR count). The predicted molar refractivity (Wildman–Crippen MR) is 78.5 cm³/mol. The Morgan fingerprint density at radius 3 is 2.55 bits per heavy atom. The zero-order chi connectivity index (χ0) is 14.7. The molecule has 1 saturated heterocycles. The fourth-order valence-electron chi connectivity index (χ4n) is 2.53. The lowest BCUT2D eigenvalue weighted by Crippen LogP contribution is -2.50. The molecule has 0 spiro atoms. The molecular weight excluding hydrogens is 254 g/mol. The first kappa shape index (κ1) is 15.0. The van der Waals surface area contributed by atoms with Gasteiger partial charge in [-0.1, -0.05) is 6.92 Å². The molecule has 1 aromatic heterocycles. The van der Waals surface area contributed by atoms with Gasteiger partial charge in [0, 0.05) is 45.5 Å². The van der Waals surface area contributed by atoms with E-state index in [9.17, 15) is 4.79 Å². The van der Waals surface area contributed by atoms with Gasteiger partial charge in [-0.15, -0.1) is 0 Å². The van der Waals surface area contributed by atoms with E-state index >= 15 is 0 Å². The maximum atomic E-state index is 12.5. The van der Waals surface area contributed by atoms with E-state index in [1.54, 1.807) is 10.9 Å². The van der Waals surface area contributed by atoms with Gasteiger partial charge >= 0.3 is 0 Å². The zero-order valence-corrected chi connectivity index (χ0v) is 12.7. The Hall–Kier alpha value is -1.40. The molecule has 0 aromatic carbocycles. The third kappa shape index (κ3) is 3.19. The van der Waals surface area contributed by atoms with Crippen LogP contribution in [0.25, 0.3) is 0 Å². The van der Waals surface area contributed by atoms with Gasteiger partial charge in [-0.2, -0.15) is 5.10 Å². The van der Waals surface area contributed by atoms with Crippen LogP contribution in [0.4, 0.5) is 0 Å². The van der Waals surface area contributed by atoms with Gasteiger partial charge in [0.1, 0.15) is 0 Å². The van der Waals surface area contributed by atoms with Crippen molar-refractivity contribution in [2.75, 3.05) is 39.3 Å². The van der Waals surface area contributed by atoms with Crippen LogP contribution < -0.4 is 5.73 Å². The normalized spacial score (nSPS) is 18.3. The average molecular weight is 279 g/mol. The molecule has 1 atom stereocenters. The lowest BCUT2D eigenvalue weighted by atomic mass is 10.1. The molecule has 0 saturated carbocycles. The van der Waals surface area contributed by atoms with Crippen LogP contribution in [0.5, 0.6) is 0 Å². The Kier molecular flexibility index (Phi) is 4.77. The number of piperazine rings is 1. The minimum Gasteiger partial charge on any atom is -0.336 e. The van der Waals surface area contributed by atoms with Crippen LogP contribution in [0.3, 0.4) is 0 Å². The van der Waals surface area contributed by atoms with E-state index in [1.165, 1.54) is 0 Å². The molecular formula is C14H25N5O. The number of rotatable bonds is 4. The highest BCUT2D eigenvalue weighted by molar-refractivity contribution is 5.95. The van der Waals surface area contributed by atoms with Crippen LogP contribution >= 0.6 is 0 Å². The van der Waals surface area contributed by atoms with Gasteiger partial charge in [0.15, 0.2) is 0 Å². The molecule has 2 N–H and O–H groups in total. The number of nitrogens with two attached hydrogens (primary N) is 1. The first-order valence-corrected chi connectivity index (χ1v) is 7.23. The van der Waals surface area contributed by atoms with Gasteiger partial charge in [0.25, 0.3) is 5.91 Å². The smallest absolute Gasteiger partial charge is 0.257 e. The highest BCUT2D eigenvalue weighted by Crippen LogP contribution is 2.12. The van der Waals surface area contributed by atoms with E-state index in [0.717, 1.165) is 44.0 Å². The van der Waals surface area contributed by atoms with Crippen LogP contribution in [0.1, 0.15) is 23.0 Å². The first-order chi connectivity index (χ1) is 9.52. The Morgan fingerprint density at radius 1 is 1.40 bits per heavy atom. The van der Waals surface area contributed by atoms with Crippen molar-refractivity contribution in [2.24, 2.45) is 18.7 Å². The molecule has 0 aliphatic carbocycles. The quantitative estimate of drug-likeness (QED) is 0.847. The summed E-state index contributed by atoms with van der Waals surface area (Å²) in [5.41, 5.74) is 7.30. The fourth-order valence-corrected chi connectivity index (χ4v) is 2.53. The number of amides is 1. The van der Waals surface area contributed by atoms with Crippen LogP contribution in [-0.4, -0.2) is 64.8 Å². The van der Waals surface area contributed by atoms with Gasteiger partial charge in [-0.05, 0) is 19.4 Å². The van der Waals surface area contributed by atoms with Crippen LogP contribution in [0.15, 0.2) is 6.20 Å². The largest absolute Gasteiger partial charge is 0.336 e. The van der Waals surface area contributed by atoms with Gasteiger partial charge in [-0.25, -0.2) is 0 Å². The molecule has 1 fully saturated rings. The number of hydrogen-bond acceptors (Lipinski definition) is 4. The third-order valence-electron chi connectivity index (χ3n) is 4.10. The number of nitrogens with zero attached hydrogens (tertiary/aromatic N) is 4. The summed E-state index contributed by atoms with van der Waals surface area (Å²) in [7, 11) is 1.86. The van der Waals surface area contributed by atoms with E-state index in [1.807, 2.05) is 18.9 Å². The Balaban J connectivity index is 1.90. The molecule has 6 nitrogen and oxygen atoms in total. The van der Waals surface area contributed by atoms with Crippen molar-refractivity contribution in [3.05, 3.63) is 17.5 Å². The van der Waals surface area contributed by atoms with Crippen LogP contribution in [-0.2, 0) is 7.05 Å². The van der Waals surface area contributed by atoms with Crippen molar-refractivity contribution in [1.29, 1.82) is 0 Å². The van der Waals surface area contributed by atoms with Crippen LogP contribution in [0, 0.1) is 12.8 Å². The van der Waals surface area contributed by atoms with Crippen molar-refractivity contribution >= 4 is 5.91 Å². The van der Waals surface area contributed by atoms with Gasteiger partial charge in [0.05, 0.1) is 11.8 Å². The summed E-state index contributed by atoms with van der Waals surface area (Å²) in [5.74, 6) is 0.611. The number of carbonyl (C=O) groups is 1. The lowest BCUT2D eigenvalue weighted by molar-refractivity contribution is 0.0621. The summed E-state index contributed by atoms with van der Waals surface area (Å²) in [6.45, 7) is 9.24. The van der Waals surface area contributed by atoms with Crippen molar-refractivity contribution < 1.29 is 4.79 Å². The number of carbonyl (C=O) groups excluding carboxylic acids is 1. The topological polar surface area (TPSA) is 67.4 Å². The Bertz CT molecular complexity index is 462. The SMILES string of the molecule is Cc1c(C(=O)N2CCN(CC(C)CN)CC2)cnn1C. The molecule has 6 heteroatoms. The number of hydrogen-bond donors (Lipinski definition) is 1. The van der Waals surface area contributed by atoms with E-state index in [2.05, 4.69) is 16.9 Å². The van der Waals surface area contributed by atoms with Crippen molar-refractivity contribution in [2.45, 2.75) is 13.8 Å². The standard InChI is InChI=1S/C14H25N5O/c1-11(8-15)10-18-4-6-19(7-5-18)14(20)13-9-16-17(3)12(13)2/h9,11H,4-8,10,15H2,1-3H3. The second-order valence-electron chi connectivity index (χ2n) is 5.70. The summed E-state index contributed by atoms with van der Waals surface area (Å²) < 4.78 is 1.74. The van der Waals surface area contributed by atoms with Crippen LogP contribution in [0.2, 0.25) is 0 Å². The fraction of sp³-hybridized carbons (Fsp3) is 0.714. The molecule has 0 bridgehead atoms. The molecule has 1 unspecified atom stereocenters. The monoisotopic (exact) mass is 279 g/mol. The van der Waals surface area contributed by atoms with E-state index in [-0.39, 0.29) is 5.91 Å². The minimum absolute atomic E-state index is 0.0992. The van der Waals surface area contributed by atoms with E-state index in [4.69, 9.17) is 5.73 Å². The van der Waals surface area contributed by atoms with Gasteiger partial charge in [-0.3, -0.25) is 14.4 Å². The van der Waals surface area contributed by atoms with Gasteiger partial charge < -0.3 is 10.6 Å². The maximum absolute atomic E-state index is 12.5. The maximum Gasteiger partial charge on any atom is 0.257 e. The Morgan fingerprint density at radius 2 is 2.05 bits per heavy atom. The highest BCUT2D eigenvalue weighted by atomic mass is 16.2. The molecule has 2 heterocycles. The van der Waals surface area contributed by atoms with E-state index < -0.39 is 0 Å². The molecule has 112 valence electrons. The molecule has 0 radical (unpaired) electrons. The summed E-state index contributed by atoms with van der Waals surface area (Å²) in [6.07, 6.45) is 1.67. The average Bonchev–Trinajstić information content (AvgIpc) is 2.79. The van der Waals surface area contributed by atoms with Crippen molar-refractivity contribution in [1.82, 2.24) is 19.6 Å². The number of aryl methyl sites for hydroxylation is 1.